The van der Waals surface area contributed by atoms with Crippen molar-refractivity contribution in [3.05, 3.63) is 64.7 Å². The number of rotatable bonds is 11. The van der Waals surface area contributed by atoms with E-state index in [0.717, 1.165) is 18.4 Å². The van der Waals surface area contributed by atoms with Gasteiger partial charge in [-0.1, -0.05) is 32.0 Å². The average molecular weight is 438 g/mol. The number of carbonyl (C=O) groups excluding carboxylic acids is 1. The largest absolute Gasteiger partial charge is 0.490 e. The first-order chi connectivity index (χ1) is 15.6. The Morgan fingerprint density at radius 2 is 1.84 bits per heavy atom. The fourth-order valence-corrected chi connectivity index (χ4v) is 3.50. The maximum Gasteiger partial charge on any atom is 0.261 e. The van der Waals surface area contributed by atoms with E-state index in [0.29, 0.717) is 48.7 Å². The van der Waals surface area contributed by atoms with Crippen LogP contribution < -0.4 is 15.0 Å². The lowest BCUT2D eigenvalue weighted by molar-refractivity contribution is -0.132. The van der Waals surface area contributed by atoms with Gasteiger partial charge in [0.25, 0.3) is 5.56 Å². The zero-order chi connectivity index (χ0) is 22.9. The molecule has 0 aliphatic heterocycles. The molecule has 170 valence electrons. The molecule has 7 heteroatoms. The highest BCUT2D eigenvalue weighted by molar-refractivity contribution is 5.79. The minimum absolute atomic E-state index is 0.0489. The number of hydrogen-bond acceptors (Lipinski definition) is 5. The lowest BCUT2D eigenvalue weighted by Gasteiger charge is -2.23. The van der Waals surface area contributed by atoms with E-state index in [9.17, 15) is 9.59 Å². The van der Waals surface area contributed by atoms with Crippen molar-refractivity contribution >= 4 is 16.8 Å². The molecule has 3 rings (SSSR count). The second-order valence-electron chi connectivity index (χ2n) is 7.57. The molecule has 0 N–H and O–H groups in total. The molecular weight excluding hydrogens is 406 g/mol. The second kappa shape index (κ2) is 11.3. The van der Waals surface area contributed by atoms with Crippen molar-refractivity contribution < 1.29 is 14.3 Å². The third-order valence-electron chi connectivity index (χ3n) is 5.03. The van der Waals surface area contributed by atoms with Gasteiger partial charge >= 0.3 is 0 Å². The summed E-state index contributed by atoms with van der Waals surface area (Å²) in [6.07, 6.45) is 3.17. The summed E-state index contributed by atoms with van der Waals surface area (Å²) in [5.41, 5.74) is 1.36. The highest BCUT2D eigenvalue weighted by Crippen LogP contribution is 2.29. The summed E-state index contributed by atoms with van der Waals surface area (Å²) >= 11 is 0. The molecule has 0 unspecified atom stereocenters. The first kappa shape index (κ1) is 23.3. The number of carbonyl (C=O) groups is 1. The SMILES string of the molecule is CCCOc1ccc(CN(CCC)C(=O)Cn2cnc3ccccc3c2=O)cc1OCC. The first-order valence-electron chi connectivity index (χ1n) is 11.2. The molecular formula is C25H31N3O4. The molecule has 1 heterocycles. The van der Waals surface area contributed by atoms with Crippen LogP contribution in [-0.4, -0.2) is 40.1 Å². The van der Waals surface area contributed by atoms with E-state index in [1.165, 1.54) is 10.9 Å². The predicted octanol–water partition coefficient (Wildman–Crippen LogP) is 4.02. The van der Waals surface area contributed by atoms with Crippen LogP contribution in [0.3, 0.4) is 0 Å². The van der Waals surface area contributed by atoms with E-state index in [-0.39, 0.29) is 18.0 Å². The van der Waals surface area contributed by atoms with Gasteiger partial charge in [0.1, 0.15) is 6.54 Å². The Hall–Kier alpha value is -3.35. The molecule has 1 amide bonds. The summed E-state index contributed by atoms with van der Waals surface area (Å²) in [5.74, 6) is 1.26. The van der Waals surface area contributed by atoms with Crippen molar-refractivity contribution in [3.8, 4) is 11.5 Å². The Labute approximate surface area is 188 Å². The monoisotopic (exact) mass is 437 g/mol. The van der Waals surface area contributed by atoms with E-state index in [2.05, 4.69) is 11.9 Å². The molecule has 1 aromatic heterocycles. The standard InChI is InChI=1S/C25H31N3O4/c1-4-13-27(16-19-11-12-22(32-14-5-2)23(15-19)31-6-3)24(29)17-28-18-26-21-10-8-7-9-20(21)25(28)30/h7-12,15,18H,4-6,13-14,16-17H2,1-3H3. The number of fused-ring (bicyclic) bond motifs is 1. The van der Waals surface area contributed by atoms with Crippen LogP contribution >= 0.6 is 0 Å². The van der Waals surface area contributed by atoms with Crippen molar-refractivity contribution in [1.82, 2.24) is 14.5 Å². The third-order valence-corrected chi connectivity index (χ3v) is 5.03. The maximum absolute atomic E-state index is 13.1. The Morgan fingerprint density at radius 3 is 2.59 bits per heavy atom. The van der Waals surface area contributed by atoms with Gasteiger partial charge in [-0.05, 0) is 49.6 Å². The smallest absolute Gasteiger partial charge is 0.261 e. The topological polar surface area (TPSA) is 73.7 Å². The fraction of sp³-hybridized carbons (Fsp3) is 0.400. The number of ether oxygens (including phenoxy) is 2. The molecule has 0 aliphatic rings. The number of para-hydroxylation sites is 1. The van der Waals surface area contributed by atoms with Gasteiger partial charge in [0.2, 0.25) is 5.91 Å². The molecule has 0 fully saturated rings. The van der Waals surface area contributed by atoms with Gasteiger partial charge in [-0.15, -0.1) is 0 Å². The summed E-state index contributed by atoms with van der Waals surface area (Å²) in [4.78, 5) is 31.9. The minimum atomic E-state index is -0.212. The Kier molecular flexibility index (Phi) is 8.25. The summed E-state index contributed by atoms with van der Waals surface area (Å²) in [6.45, 7) is 8.13. The van der Waals surface area contributed by atoms with Crippen LogP contribution in [-0.2, 0) is 17.9 Å². The van der Waals surface area contributed by atoms with Gasteiger partial charge in [-0.3, -0.25) is 14.2 Å². The van der Waals surface area contributed by atoms with E-state index in [4.69, 9.17) is 9.47 Å². The number of nitrogens with zero attached hydrogens (tertiary/aromatic N) is 3. The zero-order valence-electron chi connectivity index (χ0n) is 19.0. The third kappa shape index (κ3) is 5.66. The van der Waals surface area contributed by atoms with E-state index < -0.39 is 0 Å². The zero-order valence-corrected chi connectivity index (χ0v) is 19.0. The number of hydrogen-bond donors (Lipinski definition) is 0. The van der Waals surface area contributed by atoms with Gasteiger partial charge in [0, 0.05) is 13.1 Å². The quantitative estimate of drug-likeness (QED) is 0.453. The van der Waals surface area contributed by atoms with Gasteiger partial charge in [-0.2, -0.15) is 0 Å². The van der Waals surface area contributed by atoms with E-state index in [1.54, 1.807) is 23.1 Å². The Balaban J connectivity index is 1.79. The first-order valence-corrected chi connectivity index (χ1v) is 11.2. The van der Waals surface area contributed by atoms with Crippen molar-refractivity contribution in [2.75, 3.05) is 19.8 Å². The van der Waals surface area contributed by atoms with Gasteiger partial charge in [-0.25, -0.2) is 4.98 Å². The van der Waals surface area contributed by atoms with Crippen molar-refractivity contribution in [1.29, 1.82) is 0 Å². The molecule has 3 aromatic rings. The molecule has 32 heavy (non-hydrogen) atoms. The maximum atomic E-state index is 13.1. The molecule has 0 aliphatic carbocycles. The van der Waals surface area contributed by atoms with Crippen LogP contribution in [0.5, 0.6) is 11.5 Å². The Morgan fingerprint density at radius 1 is 1.03 bits per heavy atom. The molecule has 7 nitrogen and oxygen atoms in total. The van der Waals surface area contributed by atoms with E-state index in [1.807, 2.05) is 38.1 Å². The van der Waals surface area contributed by atoms with Crippen molar-refractivity contribution in [2.24, 2.45) is 0 Å². The van der Waals surface area contributed by atoms with Crippen LogP contribution in [0.4, 0.5) is 0 Å². The molecule has 2 aromatic carbocycles. The average Bonchev–Trinajstić information content (AvgIpc) is 2.80. The highest BCUT2D eigenvalue weighted by Gasteiger charge is 2.17. The summed E-state index contributed by atoms with van der Waals surface area (Å²) < 4.78 is 12.9. The molecule has 0 spiro atoms. The van der Waals surface area contributed by atoms with Crippen LogP contribution in [0, 0.1) is 0 Å². The molecule has 0 radical (unpaired) electrons. The summed E-state index contributed by atoms with van der Waals surface area (Å²) in [6, 6.07) is 12.9. The van der Waals surface area contributed by atoms with Crippen molar-refractivity contribution in [2.45, 2.75) is 46.7 Å². The lowest BCUT2D eigenvalue weighted by Crippen LogP contribution is -2.36. The lowest BCUT2D eigenvalue weighted by atomic mass is 10.1. The molecule has 0 atom stereocenters. The Bertz CT molecular complexity index is 1110. The number of amides is 1. The summed E-state index contributed by atoms with van der Waals surface area (Å²) in [7, 11) is 0. The van der Waals surface area contributed by atoms with Crippen molar-refractivity contribution in [3.63, 3.8) is 0 Å². The molecule has 0 bridgehead atoms. The minimum Gasteiger partial charge on any atom is -0.490 e. The number of aromatic nitrogens is 2. The van der Waals surface area contributed by atoms with Crippen LogP contribution in [0.15, 0.2) is 53.6 Å². The highest BCUT2D eigenvalue weighted by atomic mass is 16.5. The molecule has 0 saturated carbocycles. The van der Waals surface area contributed by atoms with Crippen LogP contribution in [0.25, 0.3) is 10.9 Å². The normalized spacial score (nSPS) is 10.8. The van der Waals surface area contributed by atoms with Gasteiger partial charge in [0.05, 0.1) is 30.4 Å². The number of benzene rings is 2. The summed E-state index contributed by atoms with van der Waals surface area (Å²) in [5, 5.41) is 0.508. The van der Waals surface area contributed by atoms with Crippen LogP contribution in [0.2, 0.25) is 0 Å². The predicted molar refractivity (Wildman–Crippen MR) is 125 cm³/mol. The fourth-order valence-electron chi connectivity index (χ4n) is 3.50. The van der Waals surface area contributed by atoms with Crippen LogP contribution in [0.1, 0.15) is 39.2 Å². The second-order valence-corrected chi connectivity index (χ2v) is 7.57. The van der Waals surface area contributed by atoms with E-state index >= 15 is 0 Å². The van der Waals surface area contributed by atoms with Gasteiger partial charge < -0.3 is 14.4 Å². The van der Waals surface area contributed by atoms with Gasteiger partial charge in [0.15, 0.2) is 11.5 Å². The molecule has 0 saturated heterocycles.